The predicted octanol–water partition coefficient (Wildman–Crippen LogP) is 2.30. The van der Waals surface area contributed by atoms with Gasteiger partial charge in [-0.3, -0.25) is 5.10 Å². The van der Waals surface area contributed by atoms with Crippen LogP contribution in [0.3, 0.4) is 0 Å². The fraction of sp³-hybridized carbons (Fsp3) is 0.500. The lowest BCUT2D eigenvalue weighted by molar-refractivity contribution is 0.0914. The number of likely N-dealkylation sites (tertiary alicyclic amines) is 1. The van der Waals surface area contributed by atoms with Gasteiger partial charge in [-0.15, -0.1) is 0 Å². The Hall–Kier alpha value is -1.86. The van der Waals surface area contributed by atoms with Gasteiger partial charge in [0.25, 0.3) is 0 Å². The van der Waals surface area contributed by atoms with E-state index in [4.69, 9.17) is 0 Å². The Balaban J connectivity index is 1.58. The molecule has 1 aromatic heterocycles. The van der Waals surface area contributed by atoms with Gasteiger partial charge in [-0.05, 0) is 45.0 Å². The van der Waals surface area contributed by atoms with Crippen molar-refractivity contribution in [3.05, 3.63) is 47.0 Å². The van der Waals surface area contributed by atoms with Gasteiger partial charge in [0.15, 0.2) is 5.82 Å². The molecule has 1 aliphatic rings. The van der Waals surface area contributed by atoms with Gasteiger partial charge in [-0.1, -0.05) is 6.07 Å². The average molecular weight is 322 g/mol. The first-order valence-electron chi connectivity index (χ1n) is 7.78. The minimum absolute atomic E-state index is 0.220. The number of nitrogens with one attached hydrogen (secondary N) is 1. The molecule has 0 radical (unpaired) electrons. The first kappa shape index (κ1) is 16.0. The molecule has 7 heteroatoms. The summed E-state index contributed by atoms with van der Waals surface area (Å²) < 4.78 is 27.4. The zero-order chi connectivity index (χ0) is 16.4. The second-order valence-corrected chi connectivity index (χ2v) is 6.01. The summed E-state index contributed by atoms with van der Waals surface area (Å²) in [6, 6.07) is 3.63. The molecule has 2 aromatic rings. The monoisotopic (exact) mass is 322 g/mol. The summed E-state index contributed by atoms with van der Waals surface area (Å²) >= 11 is 0. The van der Waals surface area contributed by atoms with Gasteiger partial charge in [0.05, 0.1) is 11.7 Å². The first-order chi connectivity index (χ1) is 11.0. The zero-order valence-electron chi connectivity index (χ0n) is 13.0. The van der Waals surface area contributed by atoms with Crippen molar-refractivity contribution in [2.24, 2.45) is 0 Å². The molecule has 0 bridgehead atoms. The molecule has 1 unspecified atom stereocenters. The third-order valence-electron chi connectivity index (χ3n) is 4.33. The summed E-state index contributed by atoms with van der Waals surface area (Å²) in [7, 11) is 0. The lowest BCUT2D eigenvalue weighted by atomic mass is 9.95. The smallest absolute Gasteiger partial charge is 0.153 e. The number of piperidine rings is 1. The maximum absolute atomic E-state index is 13.7. The van der Waals surface area contributed by atoms with Gasteiger partial charge < -0.3 is 10.0 Å². The van der Waals surface area contributed by atoms with Crippen LogP contribution in [0.5, 0.6) is 0 Å². The van der Waals surface area contributed by atoms with Crippen molar-refractivity contribution < 1.29 is 13.9 Å². The number of β-amino-alcohol motifs (C(OH)–C–C–N with tert-alkyl or cyclic N) is 1. The fourth-order valence-corrected chi connectivity index (χ4v) is 3.08. The van der Waals surface area contributed by atoms with Crippen LogP contribution in [0.25, 0.3) is 0 Å². The molecule has 3 rings (SSSR count). The highest BCUT2D eigenvalue weighted by Gasteiger charge is 2.26. The van der Waals surface area contributed by atoms with Crippen LogP contribution < -0.4 is 0 Å². The number of benzene rings is 1. The highest BCUT2D eigenvalue weighted by molar-refractivity contribution is 5.22. The molecule has 0 aliphatic carbocycles. The number of rotatable bonds is 4. The van der Waals surface area contributed by atoms with Crippen molar-refractivity contribution >= 4 is 0 Å². The summed E-state index contributed by atoms with van der Waals surface area (Å²) in [6.07, 6.45) is 0.562. The zero-order valence-corrected chi connectivity index (χ0v) is 13.0. The molecule has 1 aliphatic heterocycles. The van der Waals surface area contributed by atoms with Crippen molar-refractivity contribution in [1.82, 2.24) is 20.1 Å². The summed E-state index contributed by atoms with van der Waals surface area (Å²) in [5.41, 5.74) is -0.251. The lowest BCUT2D eigenvalue weighted by Crippen LogP contribution is -2.36. The number of aryl methyl sites for hydroxylation is 1. The van der Waals surface area contributed by atoms with E-state index in [9.17, 15) is 13.9 Å². The van der Waals surface area contributed by atoms with E-state index in [0.29, 0.717) is 5.92 Å². The molecule has 2 heterocycles. The molecule has 1 aromatic carbocycles. The van der Waals surface area contributed by atoms with E-state index in [1.165, 1.54) is 18.2 Å². The summed E-state index contributed by atoms with van der Waals surface area (Å²) in [5.74, 6) is 0.501. The molecule has 5 nitrogen and oxygen atoms in total. The fourth-order valence-electron chi connectivity index (χ4n) is 3.08. The van der Waals surface area contributed by atoms with Crippen LogP contribution in [-0.4, -0.2) is 44.8 Å². The maximum atomic E-state index is 13.7. The van der Waals surface area contributed by atoms with E-state index in [-0.39, 0.29) is 12.1 Å². The predicted molar refractivity (Wildman–Crippen MR) is 80.9 cm³/mol. The summed E-state index contributed by atoms with van der Waals surface area (Å²) in [5, 5.41) is 17.2. The molecule has 124 valence electrons. The minimum atomic E-state index is -1.17. The molecule has 0 saturated carbocycles. The van der Waals surface area contributed by atoms with E-state index >= 15 is 0 Å². The second kappa shape index (κ2) is 6.72. The topological polar surface area (TPSA) is 65.0 Å². The Labute approximate surface area is 133 Å². The molecule has 2 N–H and O–H groups in total. The van der Waals surface area contributed by atoms with Crippen LogP contribution in [0, 0.1) is 18.6 Å². The van der Waals surface area contributed by atoms with Gasteiger partial charge in [0, 0.05) is 12.5 Å². The Morgan fingerprint density at radius 3 is 2.52 bits per heavy atom. The van der Waals surface area contributed by atoms with Crippen LogP contribution in [0.15, 0.2) is 18.2 Å². The van der Waals surface area contributed by atoms with Crippen LogP contribution in [0.2, 0.25) is 0 Å². The van der Waals surface area contributed by atoms with E-state index in [1.807, 2.05) is 11.8 Å². The normalized spacial score (nSPS) is 18.3. The highest BCUT2D eigenvalue weighted by atomic mass is 19.1. The highest BCUT2D eigenvalue weighted by Crippen LogP contribution is 2.28. The summed E-state index contributed by atoms with van der Waals surface area (Å²) in [6.45, 7) is 3.57. The minimum Gasteiger partial charge on any atom is -0.387 e. The Morgan fingerprint density at radius 2 is 1.96 bits per heavy atom. The second-order valence-electron chi connectivity index (χ2n) is 6.01. The van der Waals surface area contributed by atoms with Crippen molar-refractivity contribution in [1.29, 1.82) is 0 Å². The van der Waals surface area contributed by atoms with E-state index < -0.39 is 17.7 Å². The standard InChI is InChI=1S/C16H20F2N4O/c1-10-19-16(21-20-10)11-5-7-22(8-6-11)9-14(23)15-12(17)3-2-4-13(15)18/h2-4,11,14,23H,5-9H2,1H3,(H,19,20,21). The van der Waals surface area contributed by atoms with E-state index in [1.54, 1.807) is 0 Å². The SMILES string of the molecule is Cc1nc(C2CCN(CC(O)c3c(F)cccc3F)CC2)n[nH]1. The van der Waals surface area contributed by atoms with Crippen molar-refractivity contribution in [3.63, 3.8) is 0 Å². The number of aromatic nitrogens is 3. The lowest BCUT2D eigenvalue weighted by Gasteiger charge is -2.32. The maximum Gasteiger partial charge on any atom is 0.153 e. The number of hydrogen-bond acceptors (Lipinski definition) is 4. The summed E-state index contributed by atoms with van der Waals surface area (Å²) in [4.78, 5) is 6.38. The number of aromatic amines is 1. The van der Waals surface area contributed by atoms with Gasteiger partial charge >= 0.3 is 0 Å². The largest absolute Gasteiger partial charge is 0.387 e. The van der Waals surface area contributed by atoms with Gasteiger partial charge in [0.1, 0.15) is 17.5 Å². The third-order valence-corrected chi connectivity index (χ3v) is 4.33. The Kier molecular flexibility index (Phi) is 4.68. The molecule has 0 amide bonds. The third kappa shape index (κ3) is 3.56. The number of halogens is 2. The molecule has 0 spiro atoms. The number of aliphatic hydroxyl groups excluding tert-OH is 1. The van der Waals surface area contributed by atoms with Gasteiger partial charge in [-0.25, -0.2) is 13.8 Å². The van der Waals surface area contributed by atoms with Crippen molar-refractivity contribution in [2.75, 3.05) is 19.6 Å². The van der Waals surface area contributed by atoms with Crippen molar-refractivity contribution in [3.8, 4) is 0 Å². The molecule has 1 atom stereocenters. The molecular weight excluding hydrogens is 302 g/mol. The van der Waals surface area contributed by atoms with E-state index in [2.05, 4.69) is 15.2 Å². The van der Waals surface area contributed by atoms with Crippen LogP contribution in [0.4, 0.5) is 8.78 Å². The van der Waals surface area contributed by atoms with Crippen molar-refractivity contribution in [2.45, 2.75) is 31.8 Å². The molecule has 1 fully saturated rings. The number of H-pyrrole nitrogens is 1. The number of aliphatic hydroxyl groups is 1. The molecular formula is C16H20F2N4O. The molecule has 1 saturated heterocycles. The van der Waals surface area contributed by atoms with E-state index in [0.717, 1.165) is 37.6 Å². The average Bonchev–Trinajstić information content (AvgIpc) is 2.94. The Morgan fingerprint density at radius 1 is 1.30 bits per heavy atom. The molecule has 23 heavy (non-hydrogen) atoms. The van der Waals surface area contributed by atoms with Gasteiger partial charge in [0.2, 0.25) is 0 Å². The van der Waals surface area contributed by atoms with Crippen LogP contribution in [0.1, 0.15) is 42.1 Å². The van der Waals surface area contributed by atoms with Crippen LogP contribution in [-0.2, 0) is 0 Å². The quantitative estimate of drug-likeness (QED) is 0.906. The number of hydrogen-bond donors (Lipinski definition) is 2. The van der Waals surface area contributed by atoms with Crippen LogP contribution >= 0.6 is 0 Å². The first-order valence-corrected chi connectivity index (χ1v) is 7.78. The van der Waals surface area contributed by atoms with Gasteiger partial charge in [-0.2, -0.15) is 5.10 Å². The Bertz CT molecular complexity index is 648. The number of nitrogens with zero attached hydrogens (tertiary/aromatic N) is 3.